The number of alkyl halides is 4. The van der Waals surface area contributed by atoms with Crippen molar-refractivity contribution in [2.45, 2.75) is 64.1 Å². The van der Waals surface area contributed by atoms with Crippen LogP contribution >= 0.6 is 31.9 Å². The van der Waals surface area contributed by atoms with Gasteiger partial charge in [-0.2, -0.15) is 10.2 Å². The number of aliphatic hydroxyl groups excluding tert-OH is 1. The molecule has 8 nitrogen and oxygen atoms in total. The van der Waals surface area contributed by atoms with E-state index in [0.29, 0.717) is 26.0 Å². The Morgan fingerprint density at radius 1 is 1.06 bits per heavy atom. The Labute approximate surface area is 237 Å². The van der Waals surface area contributed by atoms with Crippen molar-refractivity contribution in [1.82, 2.24) is 19.6 Å². The standard InChI is InChI=1S/C9H9BrF2N2O2.C7H7BrF2N2O.C4H8O.B.Li.H/c1-2-16-8(15)7-6(10)5-3-9(11,12)4-14(5)13-7;8-6-4(2-13)11-12-3-7(9,10)1-5(6)12;1-2-4-5-3-1;;;/h2-4H2,1H3;13H,1-3H2;1-4H2;;;/q;;;;+1;-1. The van der Waals surface area contributed by atoms with E-state index in [1.807, 2.05) is 0 Å². The first kappa shape index (κ1) is 33.2. The number of aromatic nitrogens is 4. The van der Waals surface area contributed by atoms with Crippen LogP contribution in [-0.4, -0.2) is 70.7 Å². The summed E-state index contributed by atoms with van der Waals surface area (Å²) in [5, 5.41) is 16.5. The number of esters is 1. The molecule has 1 N–H and O–H groups in total. The predicted molar refractivity (Wildman–Crippen MR) is 126 cm³/mol. The monoisotopic (exact) mass is 637 g/mol. The molecule has 3 radical (unpaired) electrons. The van der Waals surface area contributed by atoms with Crippen LogP contribution in [0.5, 0.6) is 0 Å². The number of ether oxygens (including phenoxy) is 2. The van der Waals surface area contributed by atoms with Crippen LogP contribution in [0.4, 0.5) is 17.6 Å². The van der Waals surface area contributed by atoms with Gasteiger partial charge in [0.2, 0.25) is 0 Å². The van der Waals surface area contributed by atoms with Gasteiger partial charge in [0.05, 0.1) is 46.4 Å². The number of hydrogen-bond donors (Lipinski definition) is 1. The maximum absolute atomic E-state index is 13.0. The van der Waals surface area contributed by atoms with Gasteiger partial charge in [-0.1, -0.05) is 0 Å². The number of nitrogens with zero attached hydrogens (tertiary/aromatic N) is 4. The Bertz CT molecular complexity index is 1040. The van der Waals surface area contributed by atoms with Gasteiger partial charge < -0.3 is 16.0 Å². The number of hydrogen-bond acceptors (Lipinski definition) is 6. The van der Waals surface area contributed by atoms with E-state index in [-0.39, 0.29) is 60.6 Å². The van der Waals surface area contributed by atoms with Crippen molar-refractivity contribution >= 4 is 46.2 Å². The third kappa shape index (κ3) is 8.07. The SMILES string of the molecule is C1CCOC1.CCOC(=O)c1nn2c(c1Br)CC(F)(F)C2.OCc1nn2c(c1Br)CC(F)(F)C2.[B].[H-].[Li+]. The summed E-state index contributed by atoms with van der Waals surface area (Å²) in [7, 11) is 0. The molecule has 0 atom stereocenters. The second kappa shape index (κ2) is 13.8. The smallest absolute Gasteiger partial charge is 1.00 e. The van der Waals surface area contributed by atoms with E-state index >= 15 is 0 Å². The molecule has 0 aromatic carbocycles. The van der Waals surface area contributed by atoms with Crippen molar-refractivity contribution in [3.63, 3.8) is 0 Å². The number of carbonyl (C=O) groups is 1. The maximum atomic E-state index is 13.0. The number of carbonyl (C=O) groups excluding carboxylic acids is 1. The molecule has 0 saturated carbocycles. The maximum Gasteiger partial charge on any atom is 1.00 e. The second-order valence-corrected chi connectivity index (χ2v) is 9.48. The predicted octanol–water partition coefficient (Wildman–Crippen LogP) is 0.875. The summed E-state index contributed by atoms with van der Waals surface area (Å²) < 4.78 is 64.7. The van der Waals surface area contributed by atoms with Crippen molar-refractivity contribution in [1.29, 1.82) is 0 Å². The summed E-state index contributed by atoms with van der Waals surface area (Å²) in [6.45, 7) is 2.79. The largest absolute Gasteiger partial charge is 1.00 e. The molecule has 0 spiro atoms. The normalized spacial score (nSPS) is 17.9. The van der Waals surface area contributed by atoms with E-state index in [9.17, 15) is 22.4 Å². The van der Waals surface area contributed by atoms with Gasteiger partial charge in [0, 0.05) is 21.6 Å². The number of halogens is 6. The van der Waals surface area contributed by atoms with E-state index in [4.69, 9.17) is 14.6 Å². The molecule has 5 rings (SSSR count). The van der Waals surface area contributed by atoms with E-state index in [2.05, 4.69) is 42.1 Å². The van der Waals surface area contributed by atoms with Crippen LogP contribution < -0.4 is 18.9 Å². The molecule has 2 aromatic rings. The molecule has 1 saturated heterocycles. The van der Waals surface area contributed by atoms with E-state index < -0.39 is 30.8 Å². The molecule has 1 fully saturated rings. The van der Waals surface area contributed by atoms with E-state index in [0.717, 1.165) is 17.9 Å². The van der Waals surface area contributed by atoms with Gasteiger partial charge in [0.25, 0.3) is 11.8 Å². The van der Waals surface area contributed by atoms with Gasteiger partial charge in [-0.25, -0.2) is 22.4 Å². The molecule has 0 bridgehead atoms. The molecule has 0 aliphatic carbocycles. The molecule has 3 aliphatic heterocycles. The van der Waals surface area contributed by atoms with Crippen molar-refractivity contribution in [2.75, 3.05) is 19.8 Å². The van der Waals surface area contributed by atoms with Crippen molar-refractivity contribution in [3.05, 3.63) is 31.7 Å². The first-order chi connectivity index (χ1) is 16.0. The average molecular weight is 639 g/mol. The minimum Gasteiger partial charge on any atom is -1.00 e. The molecule has 16 heteroatoms. The minimum atomic E-state index is -2.78. The average Bonchev–Trinajstić information content (AvgIpc) is 3.55. The number of rotatable bonds is 3. The fourth-order valence-corrected chi connectivity index (χ4v) is 4.72. The van der Waals surface area contributed by atoms with Crippen LogP contribution in [0.25, 0.3) is 0 Å². The van der Waals surface area contributed by atoms with Crippen LogP contribution in [0.1, 0.15) is 48.8 Å². The summed E-state index contributed by atoms with van der Waals surface area (Å²) in [4.78, 5) is 11.4. The first-order valence-corrected chi connectivity index (χ1v) is 12.2. The molecule has 0 unspecified atom stereocenters. The zero-order valence-corrected chi connectivity index (χ0v) is 23.0. The van der Waals surface area contributed by atoms with Crippen LogP contribution in [0.15, 0.2) is 8.95 Å². The third-order valence-corrected chi connectivity index (χ3v) is 6.86. The first-order valence-electron chi connectivity index (χ1n) is 10.6. The number of fused-ring (bicyclic) bond motifs is 2. The summed E-state index contributed by atoms with van der Waals surface area (Å²) in [5.74, 6) is -6.07. The van der Waals surface area contributed by atoms with Crippen molar-refractivity contribution in [3.8, 4) is 0 Å². The van der Waals surface area contributed by atoms with Gasteiger partial charge in [-0.3, -0.25) is 9.36 Å². The van der Waals surface area contributed by atoms with Crippen LogP contribution in [0.2, 0.25) is 0 Å². The quantitative estimate of drug-likeness (QED) is 0.305. The second-order valence-electron chi connectivity index (χ2n) is 7.90. The zero-order chi connectivity index (χ0) is 25.1. The van der Waals surface area contributed by atoms with Crippen molar-refractivity contribution in [2.24, 2.45) is 0 Å². The molecular formula is C20H25BBr2F4LiN4O4. The zero-order valence-electron chi connectivity index (χ0n) is 20.9. The fraction of sp³-hybridized carbons (Fsp3) is 0.650. The minimum absolute atomic E-state index is 0. The van der Waals surface area contributed by atoms with Gasteiger partial charge in [0.15, 0.2) is 5.69 Å². The summed E-state index contributed by atoms with van der Waals surface area (Å²) in [6.07, 6.45) is 1.85. The number of aliphatic hydroxyl groups is 1. The van der Waals surface area contributed by atoms with Gasteiger partial charge in [-0.15, -0.1) is 0 Å². The van der Waals surface area contributed by atoms with E-state index in [1.165, 1.54) is 17.5 Å². The Hall–Kier alpha value is -0.848. The third-order valence-electron chi connectivity index (χ3n) is 5.11. The Morgan fingerprint density at radius 3 is 1.94 bits per heavy atom. The molecule has 195 valence electrons. The Morgan fingerprint density at radius 2 is 1.56 bits per heavy atom. The van der Waals surface area contributed by atoms with Crippen LogP contribution in [-0.2, 0) is 42.0 Å². The van der Waals surface area contributed by atoms with Crippen LogP contribution in [0, 0.1) is 0 Å². The molecule has 5 heterocycles. The Balaban J connectivity index is 0.000000558. The van der Waals surface area contributed by atoms with E-state index in [1.54, 1.807) is 6.92 Å². The molecule has 2 aromatic heterocycles. The van der Waals surface area contributed by atoms with Crippen LogP contribution in [0.3, 0.4) is 0 Å². The van der Waals surface area contributed by atoms with Gasteiger partial charge in [0.1, 0.15) is 18.8 Å². The summed E-state index contributed by atoms with van der Waals surface area (Å²) >= 11 is 6.24. The Kier molecular flexibility index (Phi) is 12.7. The van der Waals surface area contributed by atoms with Gasteiger partial charge >= 0.3 is 24.8 Å². The summed E-state index contributed by atoms with van der Waals surface area (Å²) in [5.41, 5.74) is 1.29. The fourth-order valence-electron chi connectivity index (χ4n) is 3.59. The summed E-state index contributed by atoms with van der Waals surface area (Å²) in [6, 6.07) is 0. The van der Waals surface area contributed by atoms with Crippen molar-refractivity contribution < 1.29 is 57.2 Å². The molecule has 36 heavy (non-hydrogen) atoms. The molecular weight excluding hydrogens is 614 g/mol. The van der Waals surface area contributed by atoms with Gasteiger partial charge in [-0.05, 0) is 51.6 Å². The molecule has 3 aliphatic rings. The topological polar surface area (TPSA) is 91.4 Å². The molecule has 0 amide bonds.